The summed E-state index contributed by atoms with van der Waals surface area (Å²) in [6.45, 7) is 0. The molecule has 0 saturated carbocycles. The average molecular weight is 143 g/mol. The van der Waals surface area contributed by atoms with Crippen LogP contribution >= 0.6 is 12.2 Å². The fourth-order valence-electron chi connectivity index (χ4n) is 0.450. The first-order valence-corrected chi connectivity index (χ1v) is 3.05. The molecule has 1 heterocycles. The van der Waals surface area contributed by atoms with E-state index in [1.807, 2.05) is 24.4 Å². The van der Waals surface area contributed by atoms with E-state index in [1.165, 1.54) is 0 Å². The highest BCUT2D eigenvalue weighted by molar-refractivity contribution is 7.80. The number of hydrogen-bond donors (Lipinski definition) is 1. The van der Waals surface area contributed by atoms with Crippen molar-refractivity contribution >= 4 is 30.0 Å². The molecule has 1 aliphatic heterocycles. The van der Waals surface area contributed by atoms with Crippen molar-refractivity contribution in [3.63, 3.8) is 0 Å². The molecule has 3 heteroatoms. The third-order valence-electron chi connectivity index (χ3n) is 0.849. The largest absolute Gasteiger partial charge is 0.483 e. The van der Waals surface area contributed by atoms with E-state index in [1.54, 1.807) is 0 Å². The number of nitrogens with one attached hydrogen (secondary N) is 1. The third kappa shape index (κ3) is 1.18. The normalized spacial score (nSPS) is 26.6. The van der Waals surface area contributed by atoms with Gasteiger partial charge in [-0.3, -0.25) is 0 Å². The Morgan fingerprint density at radius 2 is 2.25 bits per heavy atom. The average Bonchev–Trinajstić information content (AvgIpc) is 1.77. The van der Waals surface area contributed by atoms with Gasteiger partial charge in [-0.1, -0.05) is 6.08 Å². The van der Waals surface area contributed by atoms with Crippen molar-refractivity contribution in [1.82, 2.24) is 0 Å². The van der Waals surface area contributed by atoms with E-state index in [9.17, 15) is 0 Å². The van der Waals surface area contributed by atoms with Crippen LogP contribution in [0.25, 0.3) is 0 Å². The smallest absolute Gasteiger partial charge is 0.183 e. The topological polar surface area (TPSA) is 4.44 Å². The predicted molar refractivity (Wildman–Crippen MR) is 39.2 cm³/mol. The number of thiocarbonyl (C=S) groups is 1. The molecule has 0 aliphatic carbocycles. The molecule has 1 aliphatic rings. The molecular formula is C5H5NS2. The Morgan fingerprint density at radius 3 is 2.62 bits per heavy atom. The van der Waals surface area contributed by atoms with Crippen LogP contribution in [-0.2, 0) is 12.8 Å². The maximum atomic E-state index is 4.85. The van der Waals surface area contributed by atoms with Crippen LogP contribution in [0.15, 0.2) is 24.4 Å². The highest BCUT2D eigenvalue weighted by Crippen LogP contribution is 1.79. The van der Waals surface area contributed by atoms with E-state index in [4.69, 9.17) is 25.0 Å². The van der Waals surface area contributed by atoms with Crippen molar-refractivity contribution < 1.29 is 4.31 Å². The molecule has 1 unspecified atom stereocenters. The van der Waals surface area contributed by atoms with E-state index >= 15 is 0 Å². The second-order valence-corrected chi connectivity index (χ2v) is 2.33. The Bertz CT molecular complexity index is 160. The van der Waals surface area contributed by atoms with Gasteiger partial charge in [0.1, 0.15) is 0 Å². The first-order chi connectivity index (χ1) is 3.80. The number of hydrogen-bond acceptors (Lipinski definition) is 2. The van der Waals surface area contributed by atoms with Crippen molar-refractivity contribution in [2.75, 3.05) is 0 Å². The molecular weight excluding hydrogens is 138 g/mol. The molecule has 1 N–H and O–H groups in total. The molecule has 0 fully saturated rings. The molecule has 8 heavy (non-hydrogen) atoms. The summed E-state index contributed by atoms with van der Waals surface area (Å²) in [5, 5.41) is 0. The van der Waals surface area contributed by atoms with Crippen LogP contribution < -0.4 is 4.31 Å². The second-order valence-electron chi connectivity index (χ2n) is 1.45. The van der Waals surface area contributed by atoms with Crippen molar-refractivity contribution in [2.45, 2.75) is 0 Å². The lowest BCUT2D eigenvalue weighted by molar-refractivity contribution is -0.570. The Labute approximate surface area is 59.2 Å². The zero-order valence-corrected chi connectivity index (χ0v) is 5.76. The molecule has 0 bridgehead atoms. The van der Waals surface area contributed by atoms with E-state index in [2.05, 4.69) is 0 Å². The SMILES string of the molecule is S=C1C=CC=C[NH+]1[S-]. The van der Waals surface area contributed by atoms with Gasteiger partial charge in [-0.25, -0.2) is 0 Å². The van der Waals surface area contributed by atoms with Crippen molar-refractivity contribution in [3.8, 4) is 0 Å². The van der Waals surface area contributed by atoms with E-state index in [0.717, 1.165) is 9.29 Å². The summed E-state index contributed by atoms with van der Waals surface area (Å²) in [7, 11) is 0. The van der Waals surface area contributed by atoms with E-state index in [-0.39, 0.29) is 0 Å². The molecule has 0 saturated heterocycles. The molecule has 0 spiro atoms. The fourth-order valence-corrected chi connectivity index (χ4v) is 0.743. The van der Waals surface area contributed by atoms with Crippen LogP contribution in [0.4, 0.5) is 0 Å². The van der Waals surface area contributed by atoms with Crippen LogP contribution in [0.2, 0.25) is 0 Å². The monoisotopic (exact) mass is 143 g/mol. The highest BCUT2D eigenvalue weighted by atomic mass is 32.1. The zero-order chi connectivity index (χ0) is 5.98. The summed E-state index contributed by atoms with van der Waals surface area (Å²) in [5.74, 6) is 0. The Kier molecular flexibility index (Phi) is 1.83. The molecule has 0 aromatic rings. The van der Waals surface area contributed by atoms with Crippen LogP contribution in [0.1, 0.15) is 0 Å². The van der Waals surface area contributed by atoms with E-state index in [0.29, 0.717) is 0 Å². The molecule has 1 nitrogen and oxygen atoms in total. The number of rotatable bonds is 0. The number of allylic oxidation sites excluding steroid dienone is 2. The van der Waals surface area contributed by atoms with Gasteiger partial charge in [-0.2, -0.15) is 0 Å². The van der Waals surface area contributed by atoms with Crippen LogP contribution in [0.5, 0.6) is 0 Å². The van der Waals surface area contributed by atoms with Crippen molar-refractivity contribution in [3.05, 3.63) is 24.4 Å². The minimum atomic E-state index is 0.766. The van der Waals surface area contributed by atoms with Crippen LogP contribution in [0, 0.1) is 0 Å². The third-order valence-corrected chi connectivity index (χ3v) is 1.69. The fraction of sp³-hybridized carbons (Fsp3) is 0. The van der Waals surface area contributed by atoms with Gasteiger partial charge in [-0.05, 0) is 18.3 Å². The van der Waals surface area contributed by atoms with Gasteiger partial charge in [-0.15, -0.1) is 0 Å². The first-order valence-electron chi connectivity index (χ1n) is 2.24. The maximum absolute atomic E-state index is 4.85. The standard InChI is InChI=1S/C5H5NS2/c7-5-3-1-2-4-6(5)8/h1-4,6H. The zero-order valence-electron chi connectivity index (χ0n) is 4.13. The Hall–Kier alpha value is -0.120. The minimum Gasteiger partial charge on any atom is -0.483 e. The van der Waals surface area contributed by atoms with Gasteiger partial charge >= 0.3 is 0 Å². The molecule has 42 valence electrons. The lowest BCUT2D eigenvalue weighted by Crippen LogP contribution is -3.05. The first kappa shape index (κ1) is 6.01. The van der Waals surface area contributed by atoms with Gasteiger partial charge in [0.05, 0.1) is 6.20 Å². The summed E-state index contributed by atoms with van der Waals surface area (Å²) >= 11 is 9.70. The number of quaternary nitrogens is 1. The van der Waals surface area contributed by atoms with E-state index < -0.39 is 0 Å². The van der Waals surface area contributed by atoms with Crippen molar-refractivity contribution in [2.24, 2.45) is 0 Å². The van der Waals surface area contributed by atoms with Crippen LogP contribution in [0.3, 0.4) is 0 Å². The quantitative estimate of drug-likeness (QED) is 0.368. The molecule has 0 amide bonds. The lowest BCUT2D eigenvalue weighted by atomic mass is 10.4. The van der Waals surface area contributed by atoms with Gasteiger partial charge in [0, 0.05) is 6.08 Å². The molecule has 1 rings (SSSR count). The summed E-state index contributed by atoms with van der Waals surface area (Å²) in [6, 6.07) is 0. The summed E-state index contributed by atoms with van der Waals surface area (Å²) in [6.07, 6.45) is 7.44. The van der Waals surface area contributed by atoms with Gasteiger partial charge < -0.3 is 17.1 Å². The second kappa shape index (κ2) is 2.44. The highest BCUT2D eigenvalue weighted by Gasteiger charge is 1.96. The van der Waals surface area contributed by atoms with Gasteiger partial charge in [0.15, 0.2) is 4.99 Å². The Balaban J connectivity index is 2.74. The predicted octanol–water partition coefficient (Wildman–Crippen LogP) is -0.256. The lowest BCUT2D eigenvalue weighted by Gasteiger charge is -2.17. The Morgan fingerprint density at radius 1 is 1.50 bits per heavy atom. The molecule has 0 radical (unpaired) electrons. The van der Waals surface area contributed by atoms with Gasteiger partial charge in [0.25, 0.3) is 0 Å². The summed E-state index contributed by atoms with van der Waals surface area (Å²) in [4.78, 5) is 0.766. The maximum Gasteiger partial charge on any atom is 0.183 e. The summed E-state index contributed by atoms with van der Waals surface area (Å²) < 4.78 is 0.766. The summed E-state index contributed by atoms with van der Waals surface area (Å²) in [5.41, 5.74) is 0. The van der Waals surface area contributed by atoms with Gasteiger partial charge in [0.2, 0.25) is 0 Å². The van der Waals surface area contributed by atoms with Crippen molar-refractivity contribution in [1.29, 1.82) is 0 Å². The minimum absolute atomic E-state index is 0.766. The van der Waals surface area contributed by atoms with Crippen LogP contribution in [-0.4, -0.2) is 4.99 Å². The molecule has 1 atom stereocenters. The molecule has 0 aromatic heterocycles. The molecule has 0 aromatic carbocycles.